The molecule has 3 rings (SSSR count). The standard InChI is InChI=1S/C18H27NO4S.CH3NO/c1-3-18(4-2)13-22-16-11-10-15(12-17(16)23-18)24(20,21)19-14-8-6-5-7-9-14;2-1-3/h10-12,14,19H,3-9,13H2,1-2H3;1H,(H2,2,3). The summed E-state index contributed by atoms with van der Waals surface area (Å²) in [6.45, 7) is 4.62. The predicted molar refractivity (Wildman–Crippen MR) is 103 cm³/mol. The molecule has 0 atom stereocenters. The number of hydrogen-bond acceptors (Lipinski definition) is 5. The Morgan fingerprint density at radius 1 is 1.19 bits per heavy atom. The van der Waals surface area contributed by atoms with Crippen LogP contribution in [-0.2, 0) is 14.8 Å². The highest BCUT2D eigenvalue weighted by atomic mass is 32.2. The number of hydrogen-bond donors (Lipinski definition) is 2. The number of amides is 1. The van der Waals surface area contributed by atoms with Crippen LogP contribution < -0.4 is 19.9 Å². The van der Waals surface area contributed by atoms with Crippen LogP contribution >= 0.6 is 0 Å². The van der Waals surface area contributed by atoms with Crippen LogP contribution in [0.3, 0.4) is 0 Å². The molecule has 0 spiro atoms. The van der Waals surface area contributed by atoms with Crippen molar-refractivity contribution in [2.75, 3.05) is 6.61 Å². The van der Waals surface area contributed by atoms with E-state index in [1.165, 1.54) is 6.42 Å². The SMILES string of the molecule is CCC1(CC)COc2ccc(S(=O)(=O)NC3CCCCC3)cc2O1.NC=O. The van der Waals surface area contributed by atoms with Crippen LogP contribution in [0.25, 0.3) is 0 Å². The van der Waals surface area contributed by atoms with Gasteiger partial charge in [-0.25, -0.2) is 13.1 Å². The summed E-state index contributed by atoms with van der Waals surface area (Å²) in [5, 5.41) is 0. The third-order valence-corrected chi connectivity index (χ3v) is 6.78. The summed E-state index contributed by atoms with van der Waals surface area (Å²) >= 11 is 0. The quantitative estimate of drug-likeness (QED) is 0.742. The smallest absolute Gasteiger partial charge is 0.240 e. The second-order valence-corrected chi connectivity index (χ2v) is 8.70. The van der Waals surface area contributed by atoms with Crippen molar-refractivity contribution in [3.63, 3.8) is 0 Å². The summed E-state index contributed by atoms with van der Waals surface area (Å²) in [6.07, 6.45) is 7.09. The predicted octanol–water partition coefficient (Wildman–Crippen LogP) is 2.73. The molecule has 152 valence electrons. The van der Waals surface area contributed by atoms with E-state index >= 15 is 0 Å². The number of fused-ring (bicyclic) bond motifs is 1. The molecule has 1 heterocycles. The van der Waals surface area contributed by atoms with Crippen molar-refractivity contribution < 1.29 is 22.7 Å². The van der Waals surface area contributed by atoms with Gasteiger partial charge in [0, 0.05) is 12.1 Å². The Balaban J connectivity index is 0.000000817. The van der Waals surface area contributed by atoms with E-state index in [-0.39, 0.29) is 22.9 Å². The first-order valence-corrected chi connectivity index (χ1v) is 11.0. The molecule has 27 heavy (non-hydrogen) atoms. The van der Waals surface area contributed by atoms with Gasteiger partial charge in [0.25, 0.3) is 0 Å². The number of carbonyl (C=O) groups is 1. The van der Waals surface area contributed by atoms with E-state index in [1.54, 1.807) is 18.2 Å². The number of carbonyl (C=O) groups excluding carboxylic acids is 1. The molecule has 0 saturated heterocycles. The Hall–Kier alpha value is -1.80. The molecule has 1 aliphatic carbocycles. The minimum atomic E-state index is -3.53. The molecule has 1 aliphatic heterocycles. The maximum absolute atomic E-state index is 12.7. The lowest BCUT2D eigenvalue weighted by Gasteiger charge is -2.37. The first-order valence-electron chi connectivity index (χ1n) is 9.53. The Kier molecular flexibility index (Phi) is 7.49. The molecule has 8 heteroatoms. The molecule has 7 nitrogen and oxygen atoms in total. The molecule has 0 bridgehead atoms. The van der Waals surface area contributed by atoms with Crippen molar-refractivity contribution in [1.29, 1.82) is 0 Å². The summed E-state index contributed by atoms with van der Waals surface area (Å²) in [5.41, 5.74) is 3.80. The van der Waals surface area contributed by atoms with E-state index < -0.39 is 10.0 Å². The molecule has 0 radical (unpaired) electrons. The van der Waals surface area contributed by atoms with Crippen molar-refractivity contribution in [1.82, 2.24) is 4.72 Å². The van der Waals surface area contributed by atoms with Gasteiger partial charge in [0.2, 0.25) is 16.4 Å². The summed E-state index contributed by atoms with van der Waals surface area (Å²) in [7, 11) is -3.53. The van der Waals surface area contributed by atoms with Crippen molar-refractivity contribution >= 4 is 16.4 Å². The van der Waals surface area contributed by atoms with Crippen LogP contribution in [0.2, 0.25) is 0 Å². The first kappa shape index (κ1) is 21.5. The highest BCUT2D eigenvalue weighted by molar-refractivity contribution is 7.89. The van der Waals surface area contributed by atoms with Crippen LogP contribution in [0.4, 0.5) is 0 Å². The topological polar surface area (TPSA) is 108 Å². The van der Waals surface area contributed by atoms with Crippen molar-refractivity contribution in [2.24, 2.45) is 5.73 Å². The van der Waals surface area contributed by atoms with Gasteiger partial charge in [0.15, 0.2) is 11.5 Å². The number of ether oxygens (including phenoxy) is 2. The molecule has 0 unspecified atom stereocenters. The molecule has 1 fully saturated rings. The second kappa shape index (κ2) is 9.41. The normalized spacial score (nSPS) is 18.9. The average molecular weight is 399 g/mol. The minimum absolute atomic E-state index is 0.0438. The van der Waals surface area contributed by atoms with Gasteiger partial charge < -0.3 is 15.2 Å². The van der Waals surface area contributed by atoms with Gasteiger partial charge in [0.1, 0.15) is 12.2 Å². The van der Waals surface area contributed by atoms with Crippen molar-refractivity contribution in [2.45, 2.75) is 75.3 Å². The zero-order valence-electron chi connectivity index (χ0n) is 16.1. The Bertz CT molecular complexity index is 726. The van der Waals surface area contributed by atoms with E-state index in [2.05, 4.69) is 24.3 Å². The molecular formula is C19H30N2O5S. The fraction of sp³-hybridized carbons (Fsp3) is 0.632. The van der Waals surface area contributed by atoms with Crippen LogP contribution in [0.1, 0.15) is 58.8 Å². The molecule has 1 aromatic rings. The van der Waals surface area contributed by atoms with Gasteiger partial charge >= 0.3 is 0 Å². The van der Waals surface area contributed by atoms with Crippen LogP contribution in [0.5, 0.6) is 11.5 Å². The number of rotatable bonds is 5. The van der Waals surface area contributed by atoms with Crippen molar-refractivity contribution in [3.8, 4) is 11.5 Å². The van der Waals surface area contributed by atoms with Gasteiger partial charge in [-0.2, -0.15) is 0 Å². The monoisotopic (exact) mass is 398 g/mol. The van der Waals surface area contributed by atoms with Gasteiger partial charge in [-0.1, -0.05) is 33.1 Å². The minimum Gasteiger partial charge on any atom is -0.486 e. The molecule has 2 aliphatic rings. The number of sulfonamides is 1. The average Bonchev–Trinajstić information content (AvgIpc) is 2.68. The summed E-state index contributed by atoms with van der Waals surface area (Å²) in [4.78, 5) is 8.83. The van der Waals surface area contributed by atoms with E-state index in [4.69, 9.17) is 14.3 Å². The fourth-order valence-electron chi connectivity index (χ4n) is 3.43. The zero-order chi connectivity index (χ0) is 19.9. The summed E-state index contributed by atoms with van der Waals surface area (Å²) < 4.78 is 40.1. The third-order valence-electron chi connectivity index (χ3n) is 5.26. The lowest BCUT2D eigenvalue weighted by molar-refractivity contribution is -0.106. The summed E-state index contributed by atoms with van der Waals surface area (Å²) in [5.74, 6) is 1.14. The lowest BCUT2D eigenvalue weighted by Crippen LogP contribution is -2.43. The van der Waals surface area contributed by atoms with Crippen LogP contribution in [0.15, 0.2) is 23.1 Å². The Labute approximate surface area is 161 Å². The zero-order valence-corrected chi connectivity index (χ0v) is 16.9. The maximum atomic E-state index is 12.7. The fourth-order valence-corrected chi connectivity index (χ4v) is 4.75. The molecule has 1 saturated carbocycles. The van der Waals surface area contributed by atoms with E-state index in [0.29, 0.717) is 18.1 Å². The van der Waals surface area contributed by atoms with Gasteiger partial charge in [-0.3, -0.25) is 4.79 Å². The number of benzene rings is 1. The van der Waals surface area contributed by atoms with Crippen LogP contribution in [0, 0.1) is 0 Å². The first-order chi connectivity index (χ1) is 12.9. The Morgan fingerprint density at radius 3 is 2.41 bits per heavy atom. The van der Waals surface area contributed by atoms with Crippen LogP contribution in [-0.4, -0.2) is 33.1 Å². The largest absolute Gasteiger partial charge is 0.486 e. The van der Waals surface area contributed by atoms with Crippen molar-refractivity contribution in [3.05, 3.63) is 18.2 Å². The number of primary amides is 1. The number of nitrogens with two attached hydrogens (primary N) is 1. The lowest BCUT2D eigenvalue weighted by atomic mass is 9.96. The van der Waals surface area contributed by atoms with Gasteiger partial charge in [0.05, 0.1) is 4.90 Å². The molecule has 1 amide bonds. The van der Waals surface area contributed by atoms with Gasteiger partial charge in [-0.05, 0) is 37.8 Å². The summed E-state index contributed by atoms with van der Waals surface area (Å²) in [6, 6.07) is 4.93. The van der Waals surface area contributed by atoms with E-state index in [9.17, 15) is 8.42 Å². The third kappa shape index (κ3) is 5.35. The van der Waals surface area contributed by atoms with Gasteiger partial charge in [-0.15, -0.1) is 0 Å². The number of nitrogens with one attached hydrogen (secondary N) is 1. The molecule has 1 aromatic carbocycles. The highest BCUT2D eigenvalue weighted by Crippen LogP contribution is 2.39. The molecular weight excluding hydrogens is 368 g/mol. The highest BCUT2D eigenvalue weighted by Gasteiger charge is 2.35. The molecule has 0 aromatic heterocycles. The second-order valence-electron chi connectivity index (χ2n) is 6.98. The maximum Gasteiger partial charge on any atom is 0.240 e. The van der Waals surface area contributed by atoms with E-state index in [1.807, 2.05) is 0 Å². The molecule has 3 N–H and O–H groups in total. The Morgan fingerprint density at radius 2 is 1.81 bits per heavy atom. The van der Waals surface area contributed by atoms with E-state index in [0.717, 1.165) is 38.5 Å².